The number of halogens is 4. The first-order valence-corrected chi connectivity index (χ1v) is 11.4. The quantitative estimate of drug-likeness (QED) is 0.644. The predicted molar refractivity (Wildman–Crippen MR) is 113 cm³/mol. The van der Waals surface area contributed by atoms with Crippen LogP contribution in [0.15, 0.2) is 29.4 Å². The fraction of sp³-hybridized carbons (Fsp3) is 0.619. The second-order valence-corrected chi connectivity index (χ2v) is 10.4. The van der Waals surface area contributed by atoms with Crippen LogP contribution in [-0.4, -0.2) is 39.4 Å². The fourth-order valence-electron chi connectivity index (χ4n) is 4.18. The van der Waals surface area contributed by atoms with Crippen molar-refractivity contribution < 1.29 is 23.1 Å². The van der Waals surface area contributed by atoms with Crippen LogP contribution < -0.4 is 0 Å². The van der Waals surface area contributed by atoms with Crippen LogP contribution in [0.25, 0.3) is 0 Å². The lowest BCUT2D eigenvalue weighted by molar-refractivity contribution is -0.317. The minimum Gasteiger partial charge on any atom is -0.362 e. The summed E-state index contributed by atoms with van der Waals surface area (Å²) in [7, 11) is 0. The van der Waals surface area contributed by atoms with E-state index in [0.717, 1.165) is 17.3 Å². The van der Waals surface area contributed by atoms with Crippen LogP contribution in [-0.2, 0) is 10.5 Å². The molecule has 2 aliphatic rings. The van der Waals surface area contributed by atoms with E-state index in [4.69, 9.17) is 11.6 Å². The first-order valence-electron chi connectivity index (χ1n) is 9.86. The maximum absolute atomic E-state index is 14.0. The van der Waals surface area contributed by atoms with Crippen LogP contribution in [0, 0.1) is 17.3 Å². The van der Waals surface area contributed by atoms with Gasteiger partial charge in [0.15, 0.2) is 0 Å². The molecule has 1 aliphatic heterocycles. The Bertz CT molecular complexity index is 840. The SMILES string of the molecule is CC(C)(C)[C@@H]1CCC2=NN(C(=O)CSCc3ccccc3Cl)[C@@](O)(C(F)(F)F)[C@@H]2C1. The maximum Gasteiger partial charge on any atom is 0.439 e. The van der Waals surface area contributed by atoms with Crippen molar-refractivity contribution >= 4 is 35.0 Å². The number of thioether (sulfide) groups is 1. The highest BCUT2D eigenvalue weighted by molar-refractivity contribution is 7.99. The number of nitrogens with zero attached hydrogens (tertiary/aromatic N) is 2. The minimum absolute atomic E-state index is 0.0000236. The zero-order valence-corrected chi connectivity index (χ0v) is 18.7. The molecule has 1 fully saturated rings. The summed E-state index contributed by atoms with van der Waals surface area (Å²) in [6, 6.07) is 7.08. The van der Waals surface area contributed by atoms with Gasteiger partial charge < -0.3 is 5.11 Å². The molecule has 0 radical (unpaired) electrons. The van der Waals surface area contributed by atoms with Crippen molar-refractivity contribution in [2.24, 2.45) is 22.4 Å². The zero-order valence-electron chi connectivity index (χ0n) is 17.2. The highest BCUT2D eigenvalue weighted by Crippen LogP contribution is 2.51. The molecule has 1 heterocycles. The lowest BCUT2D eigenvalue weighted by Crippen LogP contribution is -2.62. The number of carbonyl (C=O) groups excluding carboxylic acids is 1. The molecule has 0 bridgehead atoms. The molecule has 3 rings (SSSR count). The van der Waals surface area contributed by atoms with Crippen molar-refractivity contribution in [3.63, 3.8) is 0 Å². The van der Waals surface area contributed by atoms with E-state index in [1.807, 2.05) is 20.8 Å². The van der Waals surface area contributed by atoms with Gasteiger partial charge in [-0.1, -0.05) is 50.6 Å². The van der Waals surface area contributed by atoms with Gasteiger partial charge in [0.25, 0.3) is 11.6 Å². The molecule has 30 heavy (non-hydrogen) atoms. The van der Waals surface area contributed by atoms with E-state index in [2.05, 4.69) is 5.10 Å². The summed E-state index contributed by atoms with van der Waals surface area (Å²) in [6.45, 7) is 5.95. The van der Waals surface area contributed by atoms with E-state index >= 15 is 0 Å². The topological polar surface area (TPSA) is 52.9 Å². The van der Waals surface area contributed by atoms with Crippen molar-refractivity contribution in [2.45, 2.75) is 57.7 Å². The summed E-state index contributed by atoms with van der Waals surface area (Å²) < 4.78 is 42.1. The molecule has 4 nitrogen and oxygen atoms in total. The van der Waals surface area contributed by atoms with Gasteiger partial charge in [0.05, 0.1) is 11.7 Å². The van der Waals surface area contributed by atoms with E-state index in [9.17, 15) is 23.1 Å². The number of amides is 1. The van der Waals surface area contributed by atoms with E-state index in [0.29, 0.717) is 23.6 Å². The van der Waals surface area contributed by atoms with Gasteiger partial charge in [-0.2, -0.15) is 23.3 Å². The van der Waals surface area contributed by atoms with E-state index < -0.39 is 23.7 Å². The Morgan fingerprint density at radius 2 is 2.00 bits per heavy atom. The molecule has 0 saturated heterocycles. The maximum atomic E-state index is 14.0. The summed E-state index contributed by atoms with van der Waals surface area (Å²) >= 11 is 7.23. The molecule has 0 unspecified atom stereocenters. The summed E-state index contributed by atoms with van der Waals surface area (Å²) in [5, 5.41) is 15.6. The molecular weight excluding hydrogens is 437 g/mol. The molecule has 1 aromatic rings. The number of rotatable bonds is 4. The Morgan fingerprint density at radius 1 is 1.33 bits per heavy atom. The molecule has 0 spiro atoms. The lowest BCUT2D eigenvalue weighted by atomic mass is 9.66. The van der Waals surface area contributed by atoms with Gasteiger partial charge in [-0.3, -0.25) is 4.79 Å². The third-order valence-electron chi connectivity index (χ3n) is 6.03. The number of carbonyl (C=O) groups is 1. The summed E-state index contributed by atoms with van der Waals surface area (Å²) in [5.41, 5.74) is -2.44. The average molecular weight is 463 g/mol. The molecule has 1 aliphatic carbocycles. The standard InChI is InChI=1S/C21H26ClF3N2O2S/c1-19(2,3)14-8-9-17-15(10-14)20(29,21(23,24)25)27(26-17)18(28)12-30-11-13-6-4-5-7-16(13)22/h4-7,14-15,29H,8-12H2,1-3H3/t14-,15-,20+/m1/s1. The molecule has 0 aromatic heterocycles. The highest BCUT2D eigenvalue weighted by Gasteiger charge is 2.69. The number of hydrogen-bond donors (Lipinski definition) is 1. The third-order valence-corrected chi connectivity index (χ3v) is 7.36. The van der Waals surface area contributed by atoms with Gasteiger partial charge >= 0.3 is 6.18 Å². The normalized spacial score (nSPS) is 27.1. The van der Waals surface area contributed by atoms with Crippen LogP contribution in [0.2, 0.25) is 5.02 Å². The van der Waals surface area contributed by atoms with Crippen molar-refractivity contribution in [1.82, 2.24) is 5.01 Å². The van der Waals surface area contributed by atoms with Crippen molar-refractivity contribution in [3.8, 4) is 0 Å². The van der Waals surface area contributed by atoms with Gasteiger partial charge in [0.2, 0.25) is 0 Å². The van der Waals surface area contributed by atoms with Crippen LogP contribution >= 0.6 is 23.4 Å². The predicted octanol–water partition coefficient (Wildman–Crippen LogP) is 5.48. The molecule has 166 valence electrons. The Morgan fingerprint density at radius 3 is 2.60 bits per heavy atom. The second kappa shape index (κ2) is 8.36. The van der Waals surface area contributed by atoms with E-state index in [1.54, 1.807) is 24.3 Å². The number of fused-ring (bicyclic) bond motifs is 1. The highest BCUT2D eigenvalue weighted by atomic mass is 35.5. The summed E-state index contributed by atoms with van der Waals surface area (Å²) in [5.74, 6) is -1.96. The van der Waals surface area contributed by atoms with Gasteiger partial charge in [-0.15, -0.1) is 11.8 Å². The number of benzene rings is 1. The third kappa shape index (κ3) is 4.36. The van der Waals surface area contributed by atoms with Gasteiger partial charge in [-0.25, -0.2) is 0 Å². The lowest BCUT2D eigenvalue weighted by Gasteiger charge is -2.42. The molecule has 9 heteroatoms. The number of aliphatic hydroxyl groups is 1. The van der Waals surface area contributed by atoms with Gasteiger partial charge in [0.1, 0.15) is 0 Å². The van der Waals surface area contributed by atoms with Crippen LogP contribution in [0.5, 0.6) is 0 Å². The van der Waals surface area contributed by atoms with Gasteiger partial charge in [0, 0.05) is 16.5 Å². The first kappa shape index (κ1) is 23.4. The number of hydrogen-bond acceptors (Lipinski definition) is 4. The van der Waals surface area contributed by atoms with E-state index in [1.165, 1.54) is 0 Å². The Kier molecular flexibility index (Phi) is 6.52. The van der Waals surface area contributed by atoms with Crippen molar-refractivity contribution in [1.29, 1.82) is 0 Å². The second-order valence-electron chi connectivity index (χ2n) is 8.99. The Hall–Kier alpha value is -1.25. The average Bonchev–Trinajstić information content (AvgIpc) is 2.96. The largest absolute Gasteiger partial charge is 0.439 e. The minimum atomic E-state index is -5.01. The van der Waals surface area contributed by atoms with Crippen LogP contribution in [0.1, 0.15) is 45.6 Å². The smallest absolute Gasteiger partial charge is 0.362 e. The molecule has 1 saturated carbocycles. The van der Waals surface area contributed by atoms with Crippen LogP contribution in [0.3, 0.4) is 0 Å². The Labute approximate surface area is 183 Å². The summed E-state index contributed by atoms with van der Waals surface area (Å²) in [4.78, 5) is 12.7. The first-order chi connectivity index (χ1) is 13.9. The monoisotopic (exact) mass is 462 g/mol. The molecule has 1 N–H and O–H groups in total. The molecule has 1 aromatic carbocycles. The van der Waals surface area contributed by atoms with Gasteiger partial charge in [-0.05, 0) is 42.2 Å². The molecule has 3 atom stereocenters. The van der Waals surface area contributed by atoms with Crippen LogP contribution in [0.4, 0.5) is 13.2 Å². The van der Waals surface area contributed by atoms with E-state index in [-0.39, 0.29) is 34.2 Å². The fourth-order valence-corrected chi connectivity index (χ4v) is 5.33. The summed E-state index contributed by atoms with van der Waals surface area (Å²) in [6.07, 6.45) is -3.82. The number of alkyl halides is 3. The molecule has 1 amide bonds. The molecular formula is C21H26ClF3N2O2S. The zero-order chi connectivity index (χ0) is 22.3. The number of hydrazone groups is 1. The Balaban J connectivity index is 1.77. The van der Waals surface area contributed by atoms with Crippen molar-refractivity contribution in [2.75, 3.05) is 5.75 Å². The van der Waals surface area contributed by atoms with Crippen molar-refractivity contribution in [3.05, 3.63) is 34.9 Å².